The quantitative estimate of drug-likeness (QED) is 0.886. The van der Waals surface area contributed by atoms with Gasteiger partial charge in [-0.2, -0.15) is 0 Å². The van der Waals surface area contributed by atoms with Crippen molar-refractivity contribution in [3.8, 4) is 0 Å². The van der Waals surface area contributed by atoms with Crippen molar-refractivity contribution in [1.82, 2.24) is 14.5 Å². The number of nitrogens with one attached hydrogen (secondary N) is 1. The highest BCUT2D eigenvalue weighted by molar-refractivity contribution is 6.31. The number of nitrogens with zero attached hydrogens (tertiary/aromatic N) is 3. The van der Waals surface area contributed by atoms with Crippen LogP contribution in [0.25, 0.3) is 0 Å². The van der Waals surface area contributed by atoms with E-state index in [1.807, 2.05) is 38.5 Å². The summed E-state index contributed by atoms with van der Waals surface area (Å²) in [7, 11) is 2.04. The van der Waals surface area contributed by atoms with Crippen molar-refractivity contribution in [1.29, 1.82) is 0 Å². The minimum Gasteiger partial charge on any atom is -0.338 e. The van der Waals surface area contributed by atoms with Crippen molar-refractivity contribution in [3.05, 3.63) is 47.0 Å². The Bertz CT molecular complexity index is 743. The van der Waals surface area contributed by atoms with Crippen molar-refractivity contribution < 1.29 is 4.79 Å². The van der Waals surface area contributed by atoms with Crippen molar-refractivity contribution in [3.63, 3.8) is 0 Å². The van der Waals surface area contributed by atoms with E-state index in [0.717, 1.165) is 49.6 Å². The zero-order valence-electron chi connectivity index (χ0n) is 14.8. The van der Waals surface area contributed by atoms with Crippen LogP contribution in [0.2, 0.25) is 5.02 Å². The third-order valence-electron chi connectivity index (χ3n) is 4.84. The SMILES string of the molecule is Cc1ccc(NC(=O)CCN2CCC[C@H](c3nccn3C)C2)cc1Cl. The van der Waals surface area contributed by atoms with Gasteiger partial charge in [0.1, 0.15) is 5.82 Å². The van der Waals surface area contributed by atoms with Gasteiger partial charge >= 0.3 is 0 Å². The lowest BCUT2D eigenvalue weighted by molar-refractivity contribution is -0.116. The van der Waals surface area contributed by atoms with Gasteiger partial charge in [-0.15, -0.1) is 0 Å². The average Bonchev–Trinajstić information content (AvgIpc) is 3.03. The Labute approximate surface area is 154 Å². The molecule has 6 heteroatoms. The second-order valence-electron chi connectivity index (χ2n) is 6.80. The first-order valence-corrected chi connectivity index (χ1v) is 9.16. The lowest BCUT2D eigenvalue weighted by Gasteiger charge is -2.32. The van der Waals surface area contributed by atoms with Crippen LogP contribution >= 0.6 is 11.6 Å². The average molecular weight is 361 g/mol. The van der Waals surface area contributed by atoms with Gasteiger partial charge in [-0.1, -0.05) is 17.7 Å². The smallest absolute Gasteiger partial charge is 0.225 e. The van der Waals surface area contributed by atoms with Gasteiger partial charge in [0.2, 0.25) is 5.91 Å². The van der Waals surface area contributed by atoms with E-state index in [4.69, 9.17) is 11.6 Å². The van der Waals surface area contributed by atoms with Crippen LogP contribution in [-0.4, -0.2) is 40.0 Å². The summed E-state index contributed by atoms with van der Waals surface area (Å²) >= 11 is 6.11. The molecule has 1 aliphatic rings. The number of carbonyl (C=O) groups is 1. The standard InChI is InChI=1S/C19H25ClN4O/c1-14-5-6-16(12-17(14)20)22-18(25)7-10-24-9-3-4-15(13-24)19-21-8-11-23(19)2/h5-6,8,11-12,15H,3-4,7,9-10,13H2,1-2H3,(H,22,25)/t15-/m0/s1. The number of benzene rings is 1. The largest absolute Gasteiger partial charge is 0.338 e. The summed E-state index contributed by atoms with van der Waals surface area (Å²) in [6, 6.07) is 5.60. The number of anilines is 1. The molecule has 134 valence electrons. The maximum Gasteiger partial charge on any atom is 0.225 e. The zero-order chi connectivity index (χ0) is 17.8. The number of amides is 1. The first kappa shape index (κ1) is 18.0. The summed E-state index contributed by atoms with van der Waals surface area (Å²) in [5.74, 6) is 1.62. The van der Waals surface area contributed by atoms with Crippen molar-refractivity contribution in [2.24, 2.45) is 7.05 Å². The van der Waals surface area contributed by atoms with E-state index in [-0.39, 0.29) is 5.91 Å². The fraction of sp³-hybridized carbons (Fsp3) is 0.474. The number of carbonyl (C=O) groups excluding carboxylic acids is 1. The van der Waals surface area contributed by atoms with E-state index in [0.29, 0.717) is 17.4 Å². The molecule has 1 saturated heterocycles. The molecular weight excluding hydrogens is 336 g/mol. The minimum absolute atomic E-state index is 0.0269. The summed E-state index contributed by atoms with van der Waals surface area (Å²) in [5, 5.41) is 3.60. The molecule has 0 radical (unpaired) electrons. The zero-order valence-corrected chi connectivity index (χ0v) is 15.6. The van der Waals surface area contributed by atoms with Crippen LogP contribution in [0.1, 0.15) is 36.6 Å². The van der Waals surface area contributed by atoms with E-state index in [1.54, 1.807) is 6.07 Å². The summed E-state index contributed by atoms with van der Waals surface area (Å²) in [6.07, 6.45) is 6.64. The summed E-state index contributed by atoms with van der Waals surface area (Å²) in [5.41, 5.74) is 1.76. The number of aryl methyl sites for hydroxylation is 2. The predicted octanol–water partition coefficient (Wildman–Crippen LogP) is 3.59. The Morgan fingerprint density at radius 2 is 2.28 bits per heavy atom. The van der Waals surface area contributed by atoms with Crippen LogP contribution in [0.4, 0.5) is 5.69 Å². The molecule has 1 aromatic carbocycles. The number of piperidine rings is 1. The van der Waals surface area contributed by atoms with Gasteiger partial charge in [-0.05, 0) is 44.0 Å². The fourth-order valence-electron chi connectivity index (χ4n) is 3.39. The molecule has 1 amide bonds. The molecule has 0 aliphatic carbocycles. The highest BCUT2D eigenvalue weighted by Gasteiger charge is 2.24. The molecule has 1 aliphatic heterocycles. The molecule has 0 spiro atoms. The Kier molecular flexibility index (Phi) is 5.76. The molecule has 0 unspecified atom stereocenters. The van der Waals surface area contributed by atoms with Gasteiger partial charge in [-0.25, -0.2) is 4.98 Å². The van der Waals surface area contributed by atoms with Crippen LogP contribution in [0.15, 0.2) is 30.6 Å². The lowest BCUT2D eigenvalue weighted by atomic mass is 9.97. The Hall–Kier alpha value is -1.85. The number of hydrogen-bond donors (Lipinski definition) is 1. The van der Waals surface area contributed by atoms with Crippen LogP contribution < -0.4 is 5.32 Å². The monoisotopic (exact) mass is 360 g/mol. The van der Waals surface area contributed by atoms with Crippen LogP contribution in [-0.2, 0) is 11.8 Å². The first-order valence-electron chi connectivity index (χ1n) is 8.78. The Balaban J connectivity index is 1.50. The van der Waals surface area contributed by atoms with Crippen LogP contribution in [0, 0.1) is 6.92 Å². The molecule has 25 heavy (non-hydrogen) atoms. The normalized spacial score (nSPS) is 18.3. The lowest BCUT2D eigenvalue weighted by Crippen LogP contribution is -2.37. The number of halogens is 1. The topological polar surface area (TPSA) is 50.2 Å². The van der Waals surface area contributed by atoms with E-state index in [9.17, 15) is 4.79 Å². The van der Waals surface area contributed by atoms with Gasteiger partial charge < -0.3 is 14.8 Å². The number of imidazole rings is 1. The highest BCUT2D eigenvalue weighted by Crippen LogP contribution is 2.25. The number of rotatable bonds is 5. The minimum atomic E-state index is 0.0269. The summed E-state index contributed by atoms with van der Waals surface area (Å²) in [6.45, 7) is 4.73. The van der Waals surface area contributed by atoms with E-state index >= 15 is 0 Å². The van der Waals surface area contributed by atoms with Gasteiger partial charge in [0, 0.05) is 55.6 Å². The first-order chi connectivity index (χ1) is 12.0. The Morgan fingerprint density at radius 1 is 1.44 bits per heavy atom. The third kappa shape index (κ3) is 4.61. The molecule has 1 N–H and O–H groups in total. The van der Waals surface area contributed by atoms with Crippen LogP contribution in [0.3, 0.4) is 0 Å². The molecule has 1 fully saturated rings. The molecule has 1 aromatic heterocycles. The van der Waals surface area contributed by atoms with Crippen molar-refractivity contribution in [2.75, 3.05) is 25.0 Å². The maximum absolute atomic E-state index is 12.2. The molecule has 2 heterocycles. The Morgan fingerprint density at radius 3 is 3.00 bits per heavy atom. The number of hydrogen-bond acceptors (Lipinski definition) is 3. The number of aromatic nitrogens is 2. The fourth-order valence-corrected chi connectivity index (χ4v) is 3.57. The van der Waals surface area contributed by atoms with E-state index in [1.165, 1.54) is 0 Å². The molecule has 0 saturated carbocycles. The van der Waals surface area contributed by atoms with Gasteiger partial charge in [0.25, 0.3) is 0 Å². The summed E-state index contributed by atoms with van der Waals surface area (Å²) in [4.78, 5) is 19.1. The predicted molar refractivity (Wildman–Crippen MR) is 101 cm³/mol. The highest BCUT2D eigenvalue weighted by atomic mass is 35.5. The van der Waals surface area contributed by atoms with Crippen molar-refractivity contribution >= 4 is 23.2 Å². The second-order valence-corrected chi connectivity index (χ2v) is 7.21. The molecule has 3 rings (SSSR count). The van der Waals surface area contributed by atoms with E-state index < -0.39 is 0 Å². The maximum atomic E-state index is 12.2. The molecule has 5 nitrogen and oxygen atoms in total. The van der Waals surface area contributed by atoms with Gasteiger partial charge in [0.05, 0.1) is 0 Å². The van der Waals surface area contributed by atoms with Crippen LogP contribution in [0.5, 0.6) is 0 Å². The van der Waals surface area contributed by atoms with Gasteiger partial charge in [0.15, 0.2) is 0 Å². The third-order valence-corrected chi connectivity index (χ3v) is 5.25. The van der Waals surface area contributed by atoms with Gasteiger partial charge in [-0.3, -0.25) is 4.79 Å². The number of likely N-dealkylation sites (tertiary alicyclic amines) is 1. The van der Waals surface area contributed by atoms with E-state index in [2.05, 4.69) is 19.8 Å². The molecule has 1 atom stereocenters. The molecular formula is C19H25ClN4O. The summed E-state index contributed by atoms with van der Waals surface area (Å²) < 4.78 is 2.10. The van der Waals surface area contributed by atoms with Crippen molar-refractivity contribution in [2.45, 2.75) is 32.1 Å². The second kappa shape index (κ2) is 8.02. The molecule has 0 bridgehead atoms. The molecule has 2 aromatic rings.